The maximum Gasteiger partial charge on any atom is 0.225 e. The fourth-order valence-electron chi connectivity index (χ4n) is 6.18. The molecule has 0 unspecified atom stereocenters. The highest BCUT2D eigenvalue weighted by Gasteiger charge is 2.52. The first-order chi connectivity index (χ1) is 12.0. The lowest BCUT2D eigenvalue weighted by molar-refractivity contribution is -0.136. The van der Waals surface area contributed by atoms with Gasteiger partial charge in [0.05, 0.1) is 0 Å². The number of hydrogen-bond donors (Lipinski definition) is 0. The topological polar surface area (TPSA) is 26.8 Å². The van der Waals surface area contributed by atoms with E-state index in [0.29, 0.717) is 11.9 Å². The monoisotopic (exact) mass is 347 g/mol. The molecular weight excluding hydrogens is 310 g/mol. The largest absolute Gasteiger partial charge is 0.342 e. The van der Waals surface area contributed by atoms with E-state index in [1.54, 1.807) is 0 Å². The van der Waals surface area contributed by atoms with Crippen molar-refractivity contribution in [3.63, 3.8) is 0 Å². The highest BCUT2D eigenvalue weighted by atomic mass is 16.2. The van der Waals surface area contributed by atoms with E-state index in [2.05, 4.69) is 21.6 Å². The summed E-state index contributed by atoms with van der Waals surface area (Å²) >= 11 is 0. The Kier molecular flexibility index (Phi) is 4.87. The Hall–Kier alpha value is -0.610. The number of piperidine rings is 2. The molecule has 0 atom stereocenters. The van der Waals surface area contributed by atoms with Crippen LogP contribution in [0.15, 0.2) is 0 Å². The molecule has 1 saturated carbocycles. The van der Waals surface area contributed by atoms with E-state index in [1.807, 2.05) is 13.8 Å². The number of carbonyl (C=O) groups excluding carboxylic acids is 1. The van der Waals surface area contributed by atoms with Crippen LogP contribution in [0.2, 0.25) is 0 Å². The van der Waals surface area contributed by atoms with Crippen molar-refractivity contribution in [1.82, 2.24) is 14.7 Å². The maximum absolute atomic E-state index is 12.1. The van der Waals surface area contributed by atoms with Crippen molar-refractivity contribution < 1.29 is 4.79 Å². The van der Waals surface area contributed by atoms with E-state index in [1.165, 1.54) is 64.7 Å². The third-order valence-corrected chi connectivity index (χ3v) is 7.44. The summed E-state index contributed by atoms with van der Waals surface area (Å²) in [6, 6.07) is 1.56. The molecule has 0 aromatic rings. The van der Waals surface area contributed by atoms with Crippen LogP contribution in [0.3, 0.4) is 0 Å². The van der Waals surface area contributed by atoms with Gasteiger partial charge in [0.15, 0.2) is 0 Å². The third kappa shape index (κ3) is 3.49. The van der Waals surface area contributed by atoms with Crippen LogP contribution in [-0.4, -0.2) is 72.0 Å². The molecule has 0 aromatic heterocycles. The second kappa shape index (κ2) is 6.84. The Morgan fingerprint density at radius 2 is 1.40 bits per heavy atom. The number of amides is 1. The van der Waals surface area contributed by atoms with Gasteiger partial charge in [-0.3, -0.25) is 9.69 Å². The highest BCUT2D eigenvalue weighted by Crippen LogP contribution is 2.52. The SMILES string of the molecule is CC1CC2(C1)CN(C1CCN(C3CCN(C(=O)C(C)C)CC3)CC1)C2. The van der Waals surface area contributed by atoms with Crippen LogP contribution >= 0.6 is 0 Å². The molecule has 4 rings (SSSR count). The Labute approximate surface area is 153 Å². The second-order valence-electron chi connectivity index (χ2n) is 9.90. The van der Waals surface area contributed by atoms with Crippen LogP contribution in [0.5, 0.6) is 0 Å². The first kappa shape index (κ1) is 17.8. The predicted molar refractivity (Wildman–Crippen MR) is 101 cm³/mol. The van der Waals surface area contributed by atoms with Crippen LogP contribution in [0.4, 0.5) is 0 Å². The van der Waals surface area contributed by atoms with Gasteiger partial charge in [0.1, 0.15) is 0 Å². The molecule has 4 aliphatic rings. The molecule has 25 heavy (non-hydrogen) atoms. The average molecular weight is 348 g/mol. The molecule has 4 heteroatoms. The van der Waals surface area contributed by atoms with Crippen LogP contribution < -0.4 is 0 Å². The Morgan fingerprint density at radius 1 is 0.880 bits per heavy atom. The van der Waals surface area contributed by atoms with Crippen molar-refractivity contribution >= 4 is 5.91 Å². The summed E-state index contributed by atoms with van der Waals surface area (Å²) in [5.74, 6) is 1.47. The Balaban J connectivity index is 1.18. The molecule has 1 amide bonds. The zero-order valence-corrected chi connectivity index (χ0v) is 16.5. The predicted octanol–water partition coefficient (Wildman–Crippen LogP) is 2.83. The lowest BCUT2D eigenvalue weighted by atomic mass is 9.58. The van der Waals surface area contributed by atoms with E-state index in [4.69, 9.17) is 0 Å². The average Bonchev–Trinajstić information content (AvgIpc) is 2.56. The van der Waals surface area contributed by atoms with Gasteiger partial charge in [-0.2, -0.15) is 0 Å². The van der Waals surface area contributed by atoms with E-state index in [-0.39, 0.29) is 5.92 Å². The summed E-state index contributed by atoms with van der Waals surface area (Å²) < 4.78 is 0. The van der Waals surface area contributed by atoms with Gasteiger partial charge < -0.3 is 9.80 Å². The van der Waals surface area contributed by atoms with Crippen molar-refractivity contribution in [2.75, 3.05) is 39.3 Å². The van der Waals surface area contributed by atoms with Crippen molar-refractivity contribution in [1.29, 1.82) is 0 Å². The summed E-state index contributed by atoms with van der Waals surface area (Å²) in [7, 11) is 0. The molecule has 0 aromatic carbocycles. The molecular formula is C21H37N3O. The summed E-state index contributed by atoms with van der Waals surface area (Å²) in [5.41, 5.74) is 0.742. The van der Waals surface area contributed by atoms with Crippen molar-refractivity contribution in [2.24, 2.45) is 17.3 Å². The molecule has 4 fully saturated rings. The van der Waals surface area contributed by atoms with Gasteiger partial charge in [0, 0.05) is 44.2 Å². The maximum atomic E-state index is 12.1. The second-order valence-corrected chi connectivity index (χ2v) is 9.90. The van der Waals surface area contributed by atoms with Crippen molar-refractivity contribution in [3.05, 3.63) is 0 Å². The highest BCUT2D eigenvalue weighted by molar-refractivity contribution is 5.78. The molecule has 0 N–H and O–H groups in total. The molecule has 1 aliphatic carbocycles. The molecule has 142 valence electrons. The first-order valence-corrected chi connectivity index (χ1v) is 10.7. The smallest absolute Gasteiger partial charge is 0.225 e. The minimum Gasteiger partial charge on any atom is -0.342 e. The minimum atomic E-state index is 0.144. The van der Waals surface area contributed by atoms with E-state index >= 15 is 0 Å². The van der Waals surface area contributed by atoms with Gasteiger partial charge >= 0.3 is 0 Å². The lowest BCUT2D eigenvalue weighted by Gasteiger charge is -2.61. The molecule has 3 aliphatic heterocycles. The van der Waals surface area contributed by atoms with Gasteiger partial charge in [0.25, 0.3) is 0 Å². The Morgan fingerprint density at radius 3 is 1.92 bits per heavy atom. The fraction of sp³-hybridized carbons (Fsp3) is 0.952. The molecule has 3 saturated heterocycles. The quantitative estimate of drug-likeness (QED) is 0.785. The third-order valence-electron chi connectivity index (χ3n) is 7.44. The van der Waals surface area contributed by atoms with E-state index in [0.717, 1.165) is 30.5 Å². The normalized spacial score (nSPS) is 29.8. The van der Waals surface area contributed by atoms with E-state index in [9.17, 15) is 4.79 Å². The molecule has 1 spiro atoms. The zero-order valence-electron chi connectivity index (χ0n) is 16.5. The number of likely N-dealkylation sites (tertiary alicyclic amines) is 3. The fourth-order valence-corrected chi connectivity index (χ4v) is 6.18. The van der Waals surface area contributed by atoms with Crippen LogP contribution in [0.25, 0.3) is 0 Å². The number of rotatable bonds is 3. The molecule has 3 heterocycles. The summed E-state index contributed by atoms with van der Waals surface area (Å²) in [6.45, 7) is 13.7. The van der Waals surface area contributed by atoms with Crippen molar-refractivity contribution in [2.45, 2.75) is 71.4 Å². The van der Waals surface area contributed by atoms with Crippen LogP contribution in [-0.2, 0) is 4.79 Å². The van der Waals surface area contributed by atoms with Crippen molar-refractivity contribution in [3.8, 4) is 0 Å². The zero-order chi connectivity index (χ0) is 17.6. The standard InChI is InChI=1S/C21H37N3O/c1-16(2)20(25)23-10-6-18(7-11-23)22-8-4-19(5-9-22)24-14-21(15-24)12-17(3)13-21/h16-19H,4-15H2,1-3H3. The summed E-state index contributed by atoms with van der Waals surface area (Å²) in [6.07, 6.45) is 8.03. The van der Waals surface area contributed by atoms with Gasteiger partial charge in [-0.05, 0) is 62.9 Å². The number of carbonyl (C=O) groups is 1. The minimum absolute atomic E-state index is 0.144. The van der Waals surface area contributed by atoms with Crippen LogP contribution in [0, 0.1) is 17.3 Å². The summed E-state index contributed by atoms with van der Waals surface area (Å²) in [5, 5.41) is 0. The number of hydrogen-bond acceptors (Lipinski definition) is 3. The van der Waals surface area contributed by atoms with Gasteiger partial charge in [0.2, 0.25) is 5.91 Å². The van der Waals surface area contributed by atoms with E-state index < -0.39 is 0 Å². The molecule has 4 nitrogen and oxygen atoms in total. The van der Waals surface area contributed by atoms with Gasteiger partial charge in [-0.15, -0.1) is 0 Å². The van der Waals surface area contributed by atoms with Gasteiger partial charge in [-0.25, -0.2) is 0 Å². The molecule has 0 bridgehead atoms. The first-order valence-electron chi connectivity index (χ1n) is 10.7. The Bertz CT molecular complexity index is 475. The molecule has 0 radical (unpaired) electrons. The van der Waals surface area contributed by atoms with Crippen LogP contribution in [0.1, 0.15) is 59.3 Å². The van der Waals surface area contributed by atoms with Gasteiger partial charge in [-0.1, -0.05) is 20.8 Å². The lowest BCUT2D eigenvalue weighted by Crippen LogP contribution is -2.65. The number of nitrogens with zero attached hydrogens (tertiary/aromatic N) is 3. The summed E-state index contributed by atoms with van der Waals surface area (Å²) in [4.78, 5) is 19.8.